The molecule has 9 rings (SSSR count). The Bertz CT molecular complexity index is 2430. The molecular formula is C54H50IrN6-4. The van der Waals surface area contributed by atoms with Gasteiger partial charge in [0.15, 0.2) is 0 Å². The summed E-state index contributed by atoms with van der Waals surface area (Å²) in [6, 6.07) is 54.3. The van der Waals surface area contributed by atoms with E-state index in [1.807, 2.05) is 71.9 Å². The summed E-state index contributed by atoms with van der Waals surface area (Å²) in [5, 5.41) is 0. The molecule has 309 valence electrons. The van der Waals surface area contributed by atoms with Gasteiger partial charge in [-0.2, -0.15) is 35.2 Å². The molecule has 0 saturated heterocycles. The van der Waals surface area contributed by atoms with Crippen molar-refractivity contribution in [3.8, 4) is 67.5 Å². The Morgan fingerprint density at radius 1 is 0.459 bits per heavy atom. The summed E-state index contributed by atoms with van der Waals surface area (Å²) in [6.07, 6.45) is 15.5. The molecule has 0 N–H and O–H groups in total. The Hall–Kier alpha value is -6.53. The molecule has 0 aliphatic carbocycles. The largest absolute Gasteiger partial charge is 0.373 e. The Morgan fingerprint density at radius 3 is 1.11 bits per heavy atom. The summed E-state index contributed by atoms with van der Waals surface area (Å²) in [5.74, 6) is 2.83. The quantitative estimate of drug-likeness (QED) is 0.135. The normalized spacial score (nSPS) is 10.5. The van der Waals surface area contributed by atoms with Gasteiger partial charge in [0.25, 0.3) is 0 Å². The maximum absolute atomic E-state index is 4.35. The van der Waals surface area contributed by atoms with E-state index in [0.717, 1.165) is 47.0 Å². The van der Waals surface area contributed by atoms with Crippen molar-refractivity contribution in [2.24, 2.45) is 21.1 Å². The Labute approximate surface area is 375 Å². The van der Waals surface area contributed by atoms with Crippen molar-refractivity contribution in [2.75, 3.05) is 0 Å². The first-order chi connectivity index (χ1) is 29.4. The fourth-order valence-electron chi connectivity index (χ4n) is 7.30. The average molecular weight is 975 g/mol. The van der Waals surface area contributed by atoms with Gasteiger partial charge in [0.05, 0.1) is 17.5 Å². The molecule has 0 spiro atoms. The molecule has 0 amide bonds. The predicted octanol–water partition coefficient (Wildman–Crippen LogP) is 12.4. The number of hydrogen-bond donors (Lipinski definition) is 0. The van der Waals surface area contributed by atoms with Crippen molar-refractivity contribution in [3.63, 3.8) is 0 Å². The van der Waals surface area contributed by atoms with Crippen LogP contribution in [0.15, 0.2) is 165 Å². The van der Waals surface area contributed by atoms with Crippen LogP contribution >= 0.6 is 0 Å². The summed E-state index contributed by atoms with van der Waals surface area (Å²) in [7, 11) is 5.98. The second-order valence-electron chi connectivity index (χ2n) is 14.5. The molecule has 6 aromatic carbocycles. The van der Waals surface area contributed by atoms with Crippen LogP contribution in [0, 0.1) is 24.6 Å². The minimum atomic E-state index is 0. The van der Waals surface area contributed by atoms with Crippen LogP contribution in [0.2, 0.25) is 0 Å². The van der Waals surface area contributed by atoms with Crippen molar-refractivity contribution >= 4 is 0 Å². The van der Waals surface area contributed by atoms with Crippen molar-refractivity contribution in [1.29, 1.82) is 0 Å². The van der Waals surface area contributed by atoms with Crippen LogP contribution in [-0.2, 0) is 54.1 Å². The van der Waals surface area contributed by atoms with E-state index in [9.17, 15) is 0 Å². The molecule has 6 nitrogen and oxygen atoms in total. The third kappa shape index (κ3) is 10.4. The van der Waals surface area contributed by atoms with E-state index in [2.05, 4.69) is 182 Å². The number of aromatic nitrogens is 6. The minimum Gasteiger partial charge on any atom is -0.373 e. The van der Waals surface area contributed by atoms with Crippen LogP contribution < -0.4 is 0 Å². The van der Waals surface area contributed by atoms with Crippen LogP contribution in [0.1, 0.15) is 37.5 Å². The minimum absolute atomic E-state index is 0. The molecule has 0 fully saturated rings. The summed E-state index contributed by atoms with van der Waals surface area (Å²) in [4.78, 5) is 13.1. The molecule has 0 aliphatic rings. The van der Waals surface area contributed by atoms with Gasteiger partial charge >= 0.3 is 0 Å². The number of nitrogens with zero attached hydrogens (tertiary/aromatic N) is 6. The van der Waals surface area contributed by atoms with E-state index in [4.69, 9.17) is 0 Å². The van der Waals surface area contributed by atoms with Crippen LogP contribution in [0.3, 0.4) is 0 Å². The fourth-order valence-corrected chi connectivity index (χ4v) is 7.30. The molecule has 0 aliphatic heterocycles. The Balaban J connectivity index is 0.000000152. The van der Waals surface area contributed by atoms with E-state index in [0.29, 0.717) is 0 Å². The molecule has 0 unspecified atom stereocenters. The number of imidazole rings is 3. The topological polar surface area (TPSA) is 53.5 Å². The van der Waals surface area contributed by atoms with E-state index >= 15 is 0 Å². The Kier molecular flexibility index (Phi) is 15.3. The van der Waals surface area contributed by atoms with Gasteiger partial charge < -0.3 is 13.7 Å². The molecule has 0 atom stereocenters. The predicted molar refractivity (Wildman–Crippen MR) is 247 cm³/mol. The summed E-state index contributed by atoms with van der Waals surface area (Å²) < 4.78 is 6.01. The molecule has 3 aromatic heterocycles. The van der Waals surface area contributed by atoms with E-state index in [-0.39, 0.29) is 20.1 Å². The first-order valence-electron chi connectivity index (χ1n) is 20.4. The van der Waals surface area contributed by atoms with Crippen molar-refractivity contribution < 1.29 is 20.1 Å². The van der Waals surface area contributed by atoms with E-state index in [1.165, 1.54) is 50.1 Å². The van der Waals surface area contributed by atoms with Crippen molar-refractivity contribution in [2.45, 2.75) is 33.6 Å². The van der Waals surface area contributed by atoms with Crippen molar-refractivity contribution in [3.05, 3.63) is 206 Å². The summed E-state index contributed by atoms with van der Waals surface area (Å²) in [5.41, 5.74) is 14.4. The van der Waals surface area contributed by atoms with Gasteiger partial charge in [0, 0.05) is 78.4 Å². The van der Waals surface area contributed by atoms with E-state index in [1.54, 1.807) is 6.20 Å². The zero-order valence-electron chi connectivity index (χ0n) is 35.6. The maximum Gasteiger partial charge on any atom is 0.0555 e. The smallest absolute Gasteiger partial charge is 0.0555 e. The first kappa shape index (κ1) is 44.0. The van der Waals surface area contributed by atoms with Gasteiger partial charge in [0.2, 0.25) is 0 Å². The second-order valence-corrected chi connectivity index (χ2v) is 14.5. The van der Waals surface area contributed by atoms with Crippen LogP contribution in [0.25, 0.3) is 67.5 Å². The van der Waals surface area contributed by atoms with Gasteiger partial charge in [0.1, 0.15) is 0 Å². The van der Waals surface area contributed by atoms with E-state index < -0.39 is 0 Å². The molecule has 9 aromatic rings. The number of rotatable bonds is 9. The van der Waals surface area contributed by atoms with Gasteiger partial charge in [-0.3, -0.25) is 15.0 Å². The fraction of sp³-hybridized carbons (Fsp3) is 0.148. The number of hydrogen-bond acceptors (Lipinski definition) is 3. The standard InChI is InChI=1S/2C18H17N2.C18H16N2.Ir/c3*1-3-14-6-4-5-7-17(14)15-8-10-16(11-9-15)18-19-12-13-20(18)2;/h2*4-10,12-13H,3H2,1-2H3;3-10,12-13H,1-2H3;/q2*-1;-2;. The molecule has 61 heavy (non-hydrogen) atoms. The van der Waals surface area contributed by atoms with Crippen LogP contribution in [0.4, 0.5) is 0 Å². The average Bonchev–Trinajstić information content (AvgIpc) is 4.07. The molecule has 1 radical (unpaired) electrons. The van der Waals surface area contributed by atoms with Crippen LogP contribution in [-0.4, -0.2) is 28.7 Å². The molecule has 3 heterocycles. The van der Waals surface area contributed by atoms with Gasteiger partial charge in [-0.1, -0.05) is 97.6 Å². The third-order valence-corrected chi connectivity index (χ3v) is 10.6. The molecule has 0 saturated carbocycles. The first-order valence-corrected chi connectivity index (χ1v) is 20.4. The van der Waals surface area contributed by atoms with Gasteiger partial charge in [-0.15, -0.1) is 95.6 Å². The Morgan fingerprint density at radius 2 is 0.803 bits per heavy atom. The van der Waals surface area contributed by atoms with Crippen LogP contribution in [0.5, 0.6) is 0 Å². The SMILES string of the molecule is CCc1ccccc1-c1c[c-]c(-c2nccn2C)cc1.CCc1ccccc1-c1c[c-]c(-c2nccn2C)cc1.C[CH-]c1ccccc1-c1c[c-]c(-c2nccn2C)cc1.[Ir]. The monoisotopic (exact) mass is 975 g/mol. The zero-order chi connectivity index (χ0) is 41.8. The molecule has 7 heteroatoms. The zero-order valence-corrected chi connectivity index (χ0v) is 38.0. The second kappa shape index (κ2) is 21.1. The summed E-state index contributed by atoms with van der Waals surface area (Å²) >= 11 is 0. The molecular weight excluding hydrogens is 925 g/mol. The van der Waals surface area contributed by atoms with Gasteiger partial charge in [-0.05, 0) is 24.0 Å². The number of aryl methyl sites for hydroxylation is 5. The maximum atomic E-state index is 4.35. The van der Waals surface area contributed by atoms with Crippen molar-refractivity contribution in [1.82, 2.24) is 28.7 Å². The van der Waals surface area contributed by atoms with Gasteiger partial charge in [-0.25, -0.2) is 0 Å². The summed E-state index contributed by atoms with van der Waals surface area (Å²) in [6.45, 7) is 6.43. The number of benzene rings is 6. The third-order valence-electron chi connectivity index (χ3n) is 10.6. The molecule has 0 bridgehead atoms.